The number of nitrogens with zero attached hydrogens (tertiary/aromatic N) is 5. The van der Waals surface area contributed by atoms with Crippen LogP contribution in [0.2, 0.25) is 0 Å². The lowest BCUT2D eigenvalue weighted by atomic mass is 10.2. The Morgan fingerprint density at radius 3 is 2.59 bits per heavy atom. The van der Waals surface area contributed by atoms with Gasteiger partial charge in [-0.3, -0.25) is 4.98 Å². The van der Waals surface area contributed by atoms with E-state index in [1.54, 1.807) is 35.1 Å². The van der Waals surface area contributed by atoms with Crippen molar-refractivity contribution in [2.45, 2.75) is 6.92 Å². The predicted octanol–water partition coefficient (Wildman–Crippen LogP) is 5.25. The summed E-state index contributed by atoms with van der Waals surface area (Å²) in [6.45, 7) is 2.01. The van der Waals surface area contributed by atoms with Crippen LogP contribution in [-0.2, 0) is 0 Å². The van der Waals surface area contributed by atoms with E-state index in [-0.39, 0.29) is 0 Å². The first kappa shape index (κ1) is 16.2. The summed E-state index contributed by atoms with van der Waals surface area (Å²) in [6.07, 6.45) is 6.90. The molecule has 0 amide bonds. The largest absolute Gasteiger partial charge is 0.255 e. The maximum Gasteiger partial charge on any atom is 0.127 e. The van der Waals surface area contributed by atoms with Crippen LogP contribution in [0.15, 0.2) is 61.3 Å². The first-order valence-electron chi connectivity index (χ1n) is 8.33. The van der Waals surface area contributed by atoms with Crippen molar-refractivity contribution in [2.75, 3.05) is 0 Å². The molecular weight excluding hydrogens is 374 g/mol. The Bertz CT molecular complexity index is 1230. The van der Waals surface area contributed by atoms with Gasteiger partial charge in [-0.15, -0.1) is 22.7 Å². The number of hydrogen-bond donors (Lipinski definition) is 0. The van der Waals surface area contributed by atoms with Crippen LogP contribution >= 0.6 is 22.7 Å². The van der Waals surface area contributed by atoms with Gasteiger partial charge in [-0.25, -0.2) is 19.9 Å². The number of pyridine rings is 2. The van der Waals surface area contributed by atoms with Crippen molar-refractivity contribution < 1.29 is 0 Å². The van der Waals surface area contributed by atoms with E-state index in [1.807, 2.05) is 31.3 Å². The van der Waals surface area contributed by atoms with Crippen LogP contribution in [0.1, 0.15) is 5.69 Å². The van der Waals surface area contributed by atoms with E-state index in [9.17, 15) is 0 Å². The summed E-state index contributed by atoms with van der Waals surface area (Å²) in [4.78, 5) is 25.4. The summed E-state index contributed by atoms with van der Waals surface area (Å²) in [5.41, 5.74) is 3.80. The molecule has 0 radical (unpaired) electrons. The van der Waals surface area contributed by atoms with Gasteiger partial charge in [0.25, 0.3) is 0 Å². The van der Waals surface area contributed by atoms with E-state index in [2.05, 4.69) is 38.1 Å². The predicted molar refractivity (Wildman–Crippen MR) is 110 cm³/mol. The van der Waals surface area contributed by atoms with Crippen LogP contribution in [0.4, 0.5) is 0 Å². The minimum atomic E-state index is 0.908. The van der Waals surface area contributed by atoms with Gasteiger partial charge >= 0.3 is 0 Å². The van der Waals surface area contributed by atoms with Crippen LogP contribution in [0.25, 0.3) is 41.9 Å². The molecule has 5 nitrogen and oxygen atoms in total. The smallest absolute Gasteiger partial charge is 0.127 e. The molecule has 0 unspecified atom stereocenters. The Labute approximate surface area is 163 Å². The molecule has 0 saturated heterocycles. The maximum atomic E-state index is 4.89. The lowest BCUT2D eigenvalue weighted by Crippen LogP contribution is -1.82. The summed E-state index contributed by atoms with van der Waals surface area (Å²) in [5, 5.41) is 2.04. The van der Waals surface area contributed by atoms with Gasteiger partial charge in [0.15, 0.2) is 0 Å². The van der Waals surface area contributed by atoms with Gasteiger partial charge in [0, 0.05) is 29.5 Å². The summed E-state index contributed by atoms with van der Waals surface area (Å²) in [7, 11) is 0. The number of thiazole rings is 1. The number of aromatic nitrogens is 5. The van der Waals surface area contributed by atoms with Crippen LogP contribution in [0, 0.1) is 6.92 Å². The van der Waals surface area contributed by atoms with Crippen molar-refractivity contribution >= 4 is 32.9 Å². The summed E-state index contributed by atoms with van der Waals surface area (Å²) < 4.78 is 0. The Balaban J connectivity index is 1.57. The number of aryl methyl sites for hydroxylation is 1. The van der Waals surface area contributed by atoms with Crippen LogP contribution in [-0.4, -0.2) is 24.9 Å². The van der Waals surface area contributed by atoms with Crippen molar-refractivity contribution in [2.24, 2.45) is 0 Å². The van der Waals surface area contributed by atoms with Gasteiger partial charge in [-0.1, -0.05) is 6.07 Å². The highest BCUT2D eigenvalue weighted by Gasteiger charge is 2.14. The van der Waals surface area contributed by atoms with E-state index in [1.165, 1.54) is 6.33 Å². The van der Waals surface area contributed by atoms with Crippen LogP contribution in [0.5, 0.6) is 0 Å². The molecular formula is C20H13N5S2. The van der Waals surface area contributed by atoms with Crippen molar-refractivity contribution in [1.29, 1.82) is 0 Å². The summed E-state index contributed by atoms with van der Waals surface area (Å²) in [6, 6.07) is 12.3. The molecule has 0 spiro atoms. The molecule has 0 aliphatic heterocycles. The molecule has 5 rings (SSSR count). The Kier molecular flexibility index (Phi) is 3.95. The van der Waals surface area contributed by atoms with Crippen molar-refractivity contribution in [3.63, 3.8) is 0 Å². The molecule has 0 N–H and O–H groups in total. The zero-order valence-corrected chi connectivity index (χ0v) is 16.0. The summed E-state index contributed by atoms with van der Waals surface area (Å²) in [5.74, 6) is 0. The quantitative estimate of drug-likeness (QED) is 0.423. The molecule has 0 aliphatic rings. The van der Waals surface area contributed by atoms with Gasteiger partial charge in [-0.05, 0) is 37.3 Å². The topological polar surface area (TPSA) is 64.5 Å². The number of hydrogen-bond acceptors (Lipinski definition) is 7. The molecule has 0 bridgehead atoms. The molecule has 0 aromatic carbocycles. The van der Waals surface area contributed by atoms with Crippen molar-refractivity contribution in [3.05, 3.63) is 67.0 Å². The summed E-state index contributed by atoms with van der Waals surface area (Å²) >= 11 is 3.27. The molecule has 0 fully saturated rings. The normalized spacial score (nSPS) is 11.1. The fraction of sp³-hybridized carbons (Fsp3) is 0.0500. The zero-order valence-electron chi connectivity index (χ0n) is 14.3. The third-order valence-corrected chi connectivity index (χ3v) is 6.43. The average Bonchev–Trinajstić information content (AvgIpc) is 3.32. The lowest BCUT2D eigenvalue weighted by molar-refractivity contribution is 1.16. The molecule has 5 heterocycles. The van der Waals surface area contributed by atoms with Gasteiger partial charge in [0.05, 0.1) is 26.8 Å². The third-order valence-electron chi connectivity index (χ3n) is 4.14. The Hall–Kier alpha value is -3.03. The van der Waals surface area contributed by atoms with Gasteiger partial charge in [0.1, 0.15) is 16.2 Å². The second-order valence-corrected chi connectivity index (χ2v) is 8.01. The molecule has 5 aromatic heterocycles. The molecule has 0 atom stereocenters. The number of fused-ring (bicyclic) bond motifs is 1. The Morgan fingerprint density at radius 1 is 0.889 bits per heavy atom. The van der Waals surface area contributed by atoms with E-state index in [0.29, 0.717) is 0 Å². The minimum Gasteiger partial charge on any atom is -0.255 e. The Morgan fingerprint density at radius 2 is 1.78 bits per heavy atom. The van der Waals surface area contributed by atoms with Crippen LogP contribution < -0.4 is 0 Å². The maximum absolute atomic E-state index is 4.89. The highest BCUT2D eigenvalue weighted by atomic mass is 32.1. The number of thiophene rings is 1. The van der Waals surface area contributed by atoms with E-state index >= 15 is 0 Å². The van der Waals surface area contributed by atoms with Gasteiger partial charge in [0.2, 0.25) is 0 Å². The van der Waals surface area contributed by atoms with Gasteiger partial charge < -0.3 is 0 Å². The fourth-order valence-electron chi connectivity index (χ4n) is 2.85. The molecule has 27 heavy (non-hydrogen) atoms. The zero-order chi connectivity index (χ0) is 18.2. The first-order valence-corrected chi connectivity index (χ1v) is 9.96. The lowest BCUT2D eigenvalue weighted by Gasteiger charge is -1.97. The molecule has 0 aliphatic carbocycles. The monoisotopic (exact) mass is 387 g/mol. The standard InChI is InChI=1S/C20H13N5S2/c1-12-18(27-20(24-12)14-9-21-11-22-10-14)16-6-5-13-8-17(26-19(13)25-16)15-4-2-3-7-23-15/h2-11H,1H3. The molecule has 0 saturated carbocycles. The van der Waals surface area contributed by atoms with Crippen molar-refractivity contribution in [3.8, 4) is 31.7 Å². The van der Waals surface area contributed by atoms with E-state index in [4.69, 9.17) is 4.98 Å². The highest BCUT2D eigenvalue weighted by molar-refractivity contribution is 7.22. The second kappa shape index (κ2) is 6.61. The molecule has 130 valence electrons. The van der Waals surface area contributed by atoms with Gasteiger partial charge in [-0.2, -0.15) is 0 Å². The molecule has 7 heteroatoms. The first-order chi connectivity index (χ1) is 13.3. The molecule has 5 aromatic rings. The fourth-order valence-corrected chi connectivity index (χ4v) is 4.87. The van der Waals surface area contributed by atoms with E-state index < -0.39 is 0 Å². The van der Waals surface area contributed by atoms with Crippen LogP contribution in [0.3, 0.4) is 0 Å². The highest BCUT2D eigenvalue weighted by Crippen LogP contribution is 2.37. The number of rotatable bonds is 3. The third kappa shape index (κ3) is 3.01. The average molecular weight is 387 g/mol. The van der Waals surface area contributed by atoms with E-state index in [0.717, 1.165) is 47.6 Å². The minimum absolute atomic E-state index is 0.908. The van der Waals surface area contributed by atoms with Crippen molar-refractivity contribution in [1.82, 2.24) is 24.9 Å². The SMILES string of the molecule is Cc1nc(-c2cncnc2)sc1-c1ccc2cc(-c3ccccn3)sc2n1. The second-order valence-electron chi connectivity index (χ2n) is 5.98.